The fraction of sp³-hybridized carbons (Fsp3) is 0.538. The van der Waals surface area contributed by atoms with Crippen molar-refractivity contribution in [1.82, 2.24) is 0 Å². The molecule has 4 heteroatoms. The van der Waals surface area contributed by atoms with Crippen molar-refractivity contribution in [2.75, 3.05) is 18.9 Å². The highest BCUT2D eigenvalue weighted by Gasteiger charge is 2.41. The molecule has 1 aliphatic carbocycles. The summed E-state index contributed by atoms with van der Waals surface area (Å²) in [7, 11) is 0. The Bertz CT molecular complexity index is 441. The normalized spacial score (nSPS) is 22.4. The summed E-state index contributed by atoms with van der Waals surface area (Å²) in [5.74, 6) is -0.510. The maximum absolute atomic E-state index is 6.03. The van der Waals surface area contributed by atoms with Crippen molar-refractivity contribution in [1.29, 1.82) is 0 Å². The molecule has 2 N–H and O–H groups in total. The first-order valence-electron chi connectivity index (χ1n) is 6.08. The van der Waals surface area contributed by atoms with Gasteiger partial charge in [-0.1, -0.05) is 0 Å². The molecule has 1 aliphatic heterocycles. The van der Waals surface area contributed by atoms with Crippen LogP contribution in [0.25, 0.3) is 0 Å². The van der Waals surface area contributed by atoms with Crippen molar-refractivity contribution >= 4 is 28.3 Å². The first-order valence-corrected chi connectivity index (χ1v) is 7.15. The lowest BCUT2D eigenvalue weighted by Gasteiger charge is -2.28. The van der Waals surface area contributed by atoms with Crippen LogP contribution in [0.4, 0.5) is 5.69 Å². The molecule has 1 aromatic rings. The number of fused-ring (bicyclic) bond motifs is 2. The molecule has 0 bridgehead atoms. The van der Waals surface area contributed by atoms with Crippen molar-refractivity contribution < 1.29 is 9.47 Å². The third-order valence-electron chi connectivity index (χ3n) is 3.59. The van der Waals surface area contributed by atoms with E-state index in [1.54, 1.807) is 0 Å². The molecule has 0 saturated carbocycles. The number of rotatable bonds is 0. The molecule has 0 radical (unpaired) electrons. The number of aryl methyl sites for hydroxylation is 1. The molecule has 1 fully saturated rings. The second-order valence-corrected chi connectivity index (χ2v) is 5.85. The van der Waals surface area contributed by atoms with Crippen molar-refractivity contribution in [3.63, 3.8) is 0 Å². The minimum absolute atomic E-state index is 0.510. The van der Waals surface area contributed by atoms with Crippen molar-refractivity contribution in [2.45, 2.75) is 31.5 Å². The summed E-state index contributed by atoms with van der Waals surface area (Å²) in [5, 5.41) is 0. The summed E-state index contributed by atoms with van der Waals surface area (Å²) in [6.07, 6.45) is 4.38. The average Bonchev–Trinajstić information content (AvgIpc) is 2.71. The first-order chi connectivity index (χ1) is 8.21. The molecular weight excluding hydrogens is 329 g/mol. The standard InChI is InChI=1S/C13H16INO2/c14-11-7-9-3-1-2-4-13(16-5-6-17-13)10(9)8-12(11)15/h7-8H,1-6,15H2. The van der Waals surface area contributed by atoms with Gasteiger partial charge in [0, 0.05) is 21.2 Å². The van der Waals surface area contributed by atoms with E-state index in [2.05, 4.69) is 28.7 Å². The predicted octanol–water partition coefficient (Wildman–Crippen LogP) is 2.80. The van der Waals surface area contributed by atoms with Gasteiger partial charge in [0.15, 0.2) is 5.79 Å². The lowest BCUT2D eigenvalue weighted by molar-refractivity contribution is -0.170. The van der Waals surface area contributed by atoms with E-state index in [0.29, 0.717) is 13.2 Å². The van der Waals surface area contributed by atoms with Gasteiger partial charge in [-0.3, -0.25) is 0 Å². The number of hydrogen-bond donors (Lipinski definition) is 1. The molecule has 17 heavy (non-hydrogen) atoms. The van der Waals surface area contributed by atoms with Crippen molar-refractivity contribution in [2.24, 2.45) is 0 Å². The van der Waals surface area contributed by atoms with Crippen LogP contribution in [0.1, 0.15) is 30.4 Å². The molecule has 1 saturated heterocycles. The van der Waals surface area contributed by atoms with Gasteiger partial charge in [-0.05, 0) is 59.5 Å². The molecule has 0 unspecified atom stereocenters. The van der Waals surface area contributed by atoms with Crippen LogP contribution in [-0.4, -0.2) is 13.2 Å². The zero-order chi connectivity index (χ0) is 11.9. The van der Waals surface area contributed by atoms with Crippen LogP contribution >= 0.6 is 22.6 Å². The summed E-state index contributed by atoms with van der Waals surface area (Å²) in [6.45, 7) is 1.37. The third-order valence-corrected chi connectivity index (χ3v) is 4.52. The molecule has 1 aromatic carbocycles. The zero-order valence-corrected chi connectivity index (χ0v) is 11.8. The quantitative estimate of drug-likeness (QED) is 0.581. The van der Waals surface area contributed by atoms with E-state index in [4.69, 9.17) is 15.2 Å². The molecule has 0 amide bonds. The number of ether oxygens (including phenoxy) is 2. The molecule has 92 valence electrons. The Labute approximate surface area is 115 Å². The summed E-state index contributed by atoms with van der Waals surface area (Å²) < 4.78 is 12.9. The number of nitrogen functional groups attached to an aromatic ring is 1. The van der Waals surface area contributed by atoms with Gasteiger partial charge < -0.3 is 15.2 Å². The van der Waals surface area contributed by atoms with E-state index >= 15 is 0 Å². The summed E-state index contributed by atoms with van der Waals surface area (Å²) >= 11 is 2.29. The Morgan fingerprint density at radius 3 is 2.71 bits per heavy atom. The van der Waals surface area contributed by atoms with Gasteiger partial charge in [-0.2, -0.15) is 0 Å². The van der Waals surface area contributed by atoms with Crippen LogP contribution in [-0.2, 0) is 21.7 Å². The van der Waals surface area contributed by atoms with Gasteiger partial charge >= 0.3 is 0 Å². The van der Waals surface area contributed by atoms with Crippen LogP contribution in [0.3, 0.4) is 0 Å². The second-order valence-electron chi connectivity index (χ2n) is 4.69. The van der Waals surface area contributed by atoms with Crippen molar-refractivity contribution in [3.05, 3.63) is 26.8 Å². The smallest absolute Gasteiger partial charge is 0.195 e. The van der Waals surface area contributed by atoms with E-state index < -0.39 is 5.79 Å². The highest BCUT2D eigenvalue weighted by molar-refractivity contribution is 14.1. The minimum Gasteiger partial charge on any atom is -0.398 e. The average molecular weight is 345 g/mol. The fourth-order valence-electron chi connectivity index (χ4n) is 2.76. The first kappa shape index (κ1) is 11.7. The molecular formula is C13H16INO2. The third kappa shape index (κ3) is 1.96. The molecule has 3 nitrogen and oxygen atoms in total. The van der Waals surface area contributed by atoms with Crippen molar-refractivity contribution in [3.8, 4) is 0 Å². The van der Waals surface area contributed by atoms with Gasteiger partial charge in [0.2, 0.25) is 0 Å². The van der Waals surface area contributed by atoms with E-state index in [0.717, 1.165) is 34.1 Å². The Kier molecular flexibility index (Phi) is 3.04. The maximum atomic E-state index is 6.03. The zero-order valence-electron chi connectivity index (χ0n) is 9.67. The number of halogens is 1. The SMILES string of the molecule is Nc1cc2c(cc1I)CCCCC21OCCO1. The van der Waals surface area contributed by atoms with Crippen LogP contribution < -0.4 is 5.73 Å². The van der Waals surface area contributed by atoms with E-state index in [1.165, 1.54) is 12.0 Å². The van der Waals surface area contributed by atoms with E-state index in [9.17, 15) is 0 Å². The Morgan fingerprint density at radius 1 is 1.18 bits per heavy atom. The molecule has 0 aromatic heterocycles. The van der Waals surface area contributed by atoms with Crippen LogP contribution in [0.5, 0.6) is 0 Å². The maximum Gasteiger partial charge on any atom is 0.195 e. The van der Waals surface area contributed by atoms with E-state index in [1.807, 2.05) is 6.07 Å². The van der Waals surface area contributed by atoms with E-state index in [-0.39, 0.29) is 0 Å². The van der Waals surface area contributed by atoms with Gasteiger partial charge in [-0.25, -0.2) is 0 Å². The number of hydrogen-bond acceptors (Lipinski definition) is 3. The molecule has 0 atom stereocenters. The summed E-state index contributed by atoms with van der Waals surface area (Å²) in [6, 6.07) is 4.23. The van der Waals surface area contributed by atoms with Crippen LogP contribution in [0.15, 0.2) is 12.1 Å². The Hall–Kier alpha value is -0.330. The lowest BCUT2D eigenvalue weighted by Crippen LogP contribution is -2.27. The molecule has 1 heterocycles. The number of nitrogens with two attached hydrogens (primary N) is 1. The molecule has 2 aliphatic rings. The molecule has 1 spiro atoms. The largest absolute Gasteiger partial charge is 0.398 e. The fourth-order valence-corrected chi connectivity index (χ4v) is 3.29. The van der Waals surface area contributed by atoms with Crippen LogP contribution in [0, 0.1) is 3.57 Å². The monoisotopic (exact) mass is 345 g/mol. The van der Waals surface area contributed by atoms with Gasteiger partial charge in [-0.15, -0.1) is 0 Å². The number of anilines is 1. The summed E-state index contributed by atoms with van der Waals surface area (Å²) in [5.41, 5.74) is 9.34. The number of benzene rings is 1. The summed E-state index contributed by atoms with van der Waals surface area (Å²) in [4.78, 5) is 0. The van der Waals surface area contributed by atoms with Gasteiger partial charge in [0.25, 0.3) is 0 Å². The Morgan fingerprint density at radius 2 is 1.94 bits per heavy atom. The van der Waals surface area contributed by atoms with Gasteiger partial charge in [0.1, 0.15) is 0 Å². The topological polar surface area (TPSA) is 44.5 Å². The molecule has 3 rings (SSSR count). The predicted molar refractivity (Wildman–Crippen MR) is 74.7 cm³/mol. The minimum atomic E-state index is -0.510. The Balaban J connectivity index is 2.14. The highest BCUT2D eigenvalue weighted by Crippen LogP contribution is 2.42. The van der Waals surface area contributed by atoms with Gasteiger partial charge in [0.05, 0.1) is 13.2 Å². The highest BCUT2D eigenvalue weighted by atomic mass is 127. The van der Waals surface area contributed by atoms with Crippen LogP contribution in [0.2, 0.25) is 0 Å². The second kappa shape index (κ2) is 4.40. The lowest BCUT2D eigenvalue weighted by atomic mass is 9.97.